The molecule has 3 rings (SSSR count). The van der Waals surface area contributed by atoms with E-state index >= 15 is 0 Å². The zero-order valence-corrected chi connectivity index (χ0v) is 19.5. The third-order valence-corrected chi connectivity index (χ3v) is 5.64. The highest BCUT2D eigenvalue weighted by Gasteiger charge is 2.52. The lowest BCUT2D eigenvalue weighted by Crippen LogP contribution is -2.58. The summed E-state index contributed by atoms with van der Waals surface area (Å²) in [7, 11) is 1.50. The molecule has 1 N–H and O–H groups in total. The summed E-state index contributed by atoms with van der Waals surface area (Å²) in [5.41, 5.74) is -0.643. The Morgan fingerprint density at radius 2 is 1.53 bits per heavy atom. The number of methoxy groups -OCH3 is 1. The second-order valence-corrected chi connectivity index (χ2v) is 9.19. The van der Waals surface area contributed by atoms with E-state index in [4.69, 9.17) is 20.8 Å². The number of ether oxygens (including phenoxy) is 1. The molecule has 1 amide bonds. The molecule has 0 aliphatic rings. The van der Waals surface area contributed by atoms with Gasteiger partial charge in [-0.15, -0.1) is 0 Å². The maximum atomic E-state index is 12.7. The Morgan fingerprint density at radius 3 is 1.97 bits per heavy atom. The number of furan rings is 1. The molecule has 1 heterocycles. The van der Waals surface area contributed by atoms with E-state index in [1.165, 1.54) is 12.0 Å². The number of benzene rings is 2. The van der Waals surface area contributed by atoms with E-state index in [1.807, 2.05) is 57.2 Å². The van der Waals surface area contributed by atoms with Crippen molar-refractivity contribution in [1.82, 2.24) is 4.90 Å². The number of carbonyl (C=O) groups is 1. The molecule has 158 valence electrons. The third kappa shape index (κ3) is 3.94. The van der Waals surface area contributed by atoms with Crippen LogP contribution in [-0.2, 0) is 5.54 Å². The number of hydrogen-bond acceptors (Lipinski definition) is 3. The second-order valence-electron chi connectivity index (χ2n) is 7.84. The van der Waals surface area contributed by atoms with Crippen molar-refractivity contribution in [2.75, 3.05) is 7.11 Å². The zero-order chi connectivity index (χ0) is 22.1. The number of carboxylic acid groups (broad SMARTS) is 1. The molecule has 2 aromatic carbocycles. The predicted molar refractivity (Wildman–Crippen MR) is 120 cm³/mol. The van der Waals surface area contributed by atoms with Crippen molar-refractivity contribution < 1.29 is 19.1 Å². The topological polar surface area (TPSA) is 62.9 Å². The SMILES string of the molecule is COc1ccc(C(c2ccc(Cl)cc2)(c2ccc(Br)cc2)N(C(=O)O)C(C)(C)C)o1. The van der Waals surface area contributed by atoms with Crippen LogP contribution < -0.4 is 4.74 Å². The highest BCUT2D eigenvalue weighted by Crippen LogP contribution is 2.47. The van der Waals surface area contributed by atoms with Gasteiger partial charge in [-0.2, -0.15) is 0 Å². The van der Waals surface area contributed by atoms with Crippen molar-refractivity contribution in [3.63, 3.8) is 0 Å². The lowest BCUT2D eigenvalue weighted by Gasteiger charge is -2.48. The number of nitrogens with zero attached hydrogens (tertiary/aromatic N) is 1. The molecule has 1 aromatic heterocycles. The van der Waals surface area contributed by atoms with Gasteiger partial charge in [0.1, 0.15) is 5.76 Å². The first-order chi connectivity index (χ1) is 14.1. The number of rotatable bonds is 5. The molecule has 0 spiro atoms. The van der Waals surface area contributed by atoms with Crippen LogP contribution >= 0.6 is 27.5 Å². The van der Waals surface area contributed by atoms with Gasteiger partial charge >= 0.3 is 6.09 Å². The van der Waals surface area contributed by atoms with Crippen LogP contribution in [0.5, 0.6) is 5.95 Å². The third-order valence-electron chi connectivity index (χ3n) is 4.86. The summed E-state index contributed by atoms with van der Waals surface area (Å²) < 4.78 is 12.2. The molecule has 1 unspecified atom stereocenters. The van der Waals surface area contributed by atoms with E-state index in [9.17, 15) is 9.90 Å². The lowest BCUT2D eigenvalue weighted by molar-refractivity contribution is 0.0399. The Balaban J connectivity index is 2.48. The molecule has 0 aliphatic carbocycles. The Kier molecular flexibility index (Phi) is 6.20. The van der Waals surface area contributed by atoms with Crippen LogP contribution in [0.1, 0.15) is 37.7 Å². The molecular weight excluding hydrogens is 470 g/mol. The molecular formula is C23H23BrClNO4. The minimum Gasteiger partial charge on any atom is -0.468 e. The normalized spacial score (nSPS) is 13.5. The van der Waals surface area contributed by atoms with Gasteiger partial charge in [0.05, 0.1) is 7.11 Å². The molecule has 0 radical (unpaired) electrons. The Labute approximate surface area is 189 Å². The Morgan fingerprint density at radius 1 is 1.00 bits per heavy atom. The number of amides is 1. The molecule has 1 atom stereocenters. The zero-order valence-electron chi connectivity index (χ0n) is 17.1. The fourth-order valence-electron chi connectivity index (χ4n) is 3.76. The van der Waals surface area contributed by atoms with Crippen LogP contribution in [0.4, 0.5) is 4.79 Å². The van der Waals surface area contributed by atoms with E-state index < -0.39 is 17.2 Å². The van der Waals surface area contributed by atoms with Crippen LogP contribution in [-0.4, -0.2) is 28.7 Å². The Hall–Kier alpha value is -2.44. The molecule has 0 fully saturated rings. The summed E-state index contributed by atoms with van der Waals surface area (Å²) in [5.74, 6) is 0.709. The second kappa shape index (κ2) is 8.36. The van der Waals surface area contributed by atoms with Gasteiger partial charge in [0, 0.05) is 21.1 Å². The number of hydrogen-bond donors (Lipinski definition) is 1. The summed E-state index contributed by atoms with van der Waals surface area (Å²) in [6, 6.07) is 18.1. The van der Waals surface area contributed by atoms with Crippen LogP contribution in [0.15, 0.2) is 69.6 Å². The summed E-state index contributed by atoms with van der Waals surface area (Å²) in [6.45, 7) is 5.56. The van der Waals surface area contributed by atoms with E-state index in [0.29, 0.717) is 22.3 Å². The first-order valence-electron chi connectivity index (χ1n) is 9.30. The van der Waals surface area contributed by atoms with Gasteiger partial charge in [-0.05, 0) is 62.2 Å². The van der Waals surface area contributed by atoms with Crippen molar-refractivity contribution in [3.8, 4) is 5.95 Å². The summed E-state index contributed by atoms with van der Waals surface area (Å²) >= 11 is 9.62. The average molecular weight is 493 g/mol. The standard InChI is InChI=1S/C23H23BrClNO4/c1-22(2,3)26(21(27)28)23(15-5-9-17(24)10-6-15,16-7-11-18(25)12-8-16)19-13-14-20(29-4)30-19/h5-14H,1-4H3,(H,27,28). The van der Waals surface area contributed by atoms with Gasteiger partial charge in [0.15, 0.2) is 5.54 Å². The highest BCUT2D eigenvalue weighted by molar-refractivity contribution is 9.10. The summed E-state index contributed by atoms with van der Waals surface area (Å²) in [6.07, 6.45) is -1.09. The van der Waals surface area contributed by atoms with Gasteiger partial charge in [-0.25, -0.2) is 4.79 Å². The minimum absolute atomic E-state index is 0.291. The van der Waals surface area contributed by atoms with Crippen LogP contribution in [0.2, 0.25) is 5.02 Å². The van der Waals surface area contributed by atoms with Gasteiger partial charge in [0.25, 0.3) is 5.95 Å². The molecule has 7 heteroatoms. The fourth-order valence-corrected chi connectivity index (χ4v) is 4.15. The van der Waals surface area contributed by atoms with E-state index in [0.717, 1.165) is 10.0 Å². The number of halogens is 2. The molecule has 0 saturated heterocycles. The highest BCUT2D eigenvalue weighted by atomic mass is 79.9. The van der Waals surface area contributed by atoms with Crippen LogP contribution in [0.25, 0.3) is 0 Å². The molecule has 0 saturated carbocycles. The van der Waals surface area contributed by atoms with E-state index in [1.54, 1.807) is 24.3 Å². The van der Waals surface area contributed by atoms with Crippen molar-refractivity contribution in [2.45, 2.75) is 31.8 Å². The maximum absolute atomic E-state index is 12.7. The summed E-state index contributed by atoms with van der Waals surface area (Å²) in [4.78, 5) is 14.1. The van der Waals surface area contributed by atoms with Crippen molar-refractivity contribution in [2.24, 2.45) is 0 Å². The maximum Gasteiger partial charge on any atom is 0.409 e. The van der Waals surface area contributed by atoms with E-state index in [2.05, 4.69) is 15.9 Å². The average Bonchev–Trinajstić information content (AvgIpc) is 3.15. The predicted octanol–water partition coefficient (Wildman–Crippen LogP) is 6.77. The lowest BCUT2D eigenvalue weighted by atomic mass is 9.77. The summed E-state index contributed by atoms with van der Waals surface area (Å²) in [5, 5.41) is 11.0. The quantitative estimate of drug-likeness (QED) is 0.427. The molecule has 0 aliphatic heterocycles. The van der Waals surface area contributed by atoms with Gasteiger partial charge < -0.3 is 14.3 Å². The minimum atomic E-state index is -1.29. The fraction of sp³-hybridized carbons (Fsp3) is 0.261. The monoisotopic (exact) mass is 491 g/mol. The molecule has 30 heavy (non-hydrogen) atoms. The first-order valence-corrected chi connectivity index (χ1v) is 10.5. The van der Waals surface area contributed by atoms with Crippen molar-refractivity contribution in [3.05, 3.63) is 87.0 Å². The molecule has 5 nitrogen and oxygen atoms in total. The van der Waals surface area contributed by atoms with Crippen molar-refractivity contribution >= 4 is 33.6 Å². The molecule has 3 aromatic rings. The first kappa shape index (κ1) is 22.2. The largest absolute Gasteiger partial charge is 0.468 e. The van der Waals surface area contributed by atoms with Gasteiger partial charge in [-0.1, -0.05) is 51.8 Å². The van der Waals surface area contributed by atoms with E-state index in [-0.39, 0.29) is 0 Å². The van der Waals surface area contributed by atoms with Gasteiger partial charge in [0.2, 0.25) is 0 Å². The molecule has 0 bridgehead atoms. The van der Waals surface area contributed by atoms with Gasteiger partial charge in [-0.3, -0.25) is 4.90 Å². The van der Waals surface area contributed by atoms with Crippen LogP contribution in [0.3, 0.4) is 0 Å². The Bertz CT molecular complexity index is 977. The van der Waals surface area contributed by atoms with Crippen LogP contribution in [0, 0.1) is 0 Å². The van der Waals surface area contributed by atoms with Crippen molar-refractivity contribution in [1.29, 1.82) is 0 Å². The smallest absolute Gasteiger partial charge is 0.409 e.